The molecule has 25 heavy (non-hydrogen) atoms. The van der Waals surface area contributed by atoms with Crippen molar-refractivity contribution < 1.29 is 9.90 Å². The molecule has 0 bridgehead atoms. The van der Waals surface area contributed by atoms with Gasteiger partial charge in [0.05, 0.1) is 12.1 Å². The second kappa shape index (κ2) is 7.19. The number of hydrogen-bond donors (Lipinski definition) is 3. The van der Waals surface area contributed by atoms with Gasteiger partial charge in [-0.05, 0) is 44.2 Å². The summed E-state index contributed by atoms with van der Waals surface area (Å²) in [5.74, 6) is 0.387. The van der Waals surface area contributed by atoms with Crippen molar-refractivity contribution in [2.24, 2.45) is 0 Å². The van der Waals surface area contributed by atoms with Crippen molar-refractivity contribution in [1.29, 1.82) is 0 Å². The molecule has 1 aliphatic rings. The van der Waals surface area contributed by atoms with Crippen LogP contribution in [0.5, 0.6) is 0 Å². The highest BCUT2D eigenvalue weighted by molar-refractivity contribution is 5.77. The third-order valence-corrected chi connectivity index (χ3v) is 4.74. The number of aliphatic hydroxyl groups excluding tert-OH is 1. The maximum absolute atomic E-state index is 12.4. The standard InChI is InChI=1S/C19H23N3O3/c1-11-14(19(25)21-12(2)20-11)8-10-17(24)22-18-15-6-4-3-5-13(15)7-9-16(18)23/h3-6,16,18,23H,7-10H2,1-2H3,(H,22,24)(H,20,21,25)/t16-,18+/m1/s1. The molecule has 0 aliphatic heterocycles. The molecule has 6 nitrogen and oxygen atoms in total. The van der Waals surface area contributed by atoms with Crippen LogP contribution in [0.3, 0.4) is 0 Å². The molecule has 0 fully saturated rings. The first-order chi connectivity index (χ1) is 12.0. The molecule has 6 heteroatoms. The van der Waals surface area contributed by atoms with Crippen molar-refractivity contribution in [2.45, 2.75) is 51.7 Å². The number of hydrogen-bond acceptors (Lipinski definition) is 4. The number of aryl methyl sites for hydroxylation is 3. The number of aromatic nitrogens is 2. The van der Waals surface area contributed by atoms with Crippen LogP contribution < -0.4 is 10.9 Å². The number of fused-ring (bicyclic) bond motifs is 1. The Morgan fingerprint density at radius 2 is 2.12 bits per heavy atom. The summed E-state index contributed by atoms with van der Waals surface area (Å²) in [5.41, 5.74) is 3.12. The van der Waals surface area contributed by atoms with Crippen LogP contribution in [-0.2, 0) is 17.6 Å². The summed E-state index contributed by atoms with van der Waals surface area (Å²) in [6, 6.07) is 7.46. The fraction of sp³-hybridized carbons (Fsp3) is 0.421. The summed E-state index contributed by atoms with van der Waals surface area (Å²) in [4.78, 5) is 31.3. The van der Waals surface area contributed by atoms with Gasteiger partial charge in [0.15, 0.2) is 0 Å². The molecule has 2 atom stereocenters. The minimum atomic E-state index is -0.593. The van der Waals surface area contributed by atoms with Gasteiger partial charge < -0.3 is 15.4 Å². The normalized spacial score (nSPS) is 19.3. The second-order valence-corrected chi connectivity index (χ2v) is 6.57. The predicted octanol–water partition coefficient (Wildman–Crippen LogP) is 1.48. The van der Waals surface area contributed by atoms with Gasteiger partial charge in [0.25, 0.3) is 5.56 Å². The van der Waals surface area contributed by atoms with Crippen LogP contribution in [-0.4, -0.2) is 27.1 Å². The van der Waals surface area contributed by atoms with Gasteiger partial charge in [-0.15, -0.1) is 0 Å². The van der Waals surface area contributed by atoms with Gasteiger partial charge in [-0.2, -0.15) is 0 Å². The molecular formula is C19H23N3O3. The molecule has 0 saturated carbocycles. The van der Waals surface area contributed by atoms with E-state index >= 15 is 0 Å². The molecule has 3 N–H and O–H groups in total. The van der Waals surface area contributed by atoms with Crippen LogP contribution >= 0.6 is 0 Å². The lowest BCUT2D eigenvalue weighted by Crippen LogP contribution is -2.39. The zero-order valence-electron chi connectivity index (χ0n) is 14.5. The van der Waals surface area contributed by atoms with E-state index in [2.05, 4.69) is 15.3 Å². The average molecular weight is 341 g/mol. The summed E-state index contributed by atoms with van der Waals surface area (Å²) in [6.45, 7) is 3.50. The Hall–Kier alpha value is -2.47. The Kier molecular flexibility index (Phi) is 4.99. The quantitative estimate of drug-likeness (QED) is 0.785. The Labute approximate surface area is 146 Å². The molecule has 1 heterocycles. The van der Waals surface area contributed by atoms with Gasteiger partial charge in [-0.1, -0.05) is 24.3 Å². The van der Waals surface area contributed by atoms with E-state index in [0.29, 0.717) is 29.9 Å². The van der Waals surface area contributed by atoms with Crippen LogP contribution in [0.15, 0.2) is 29.1 Å². The predicted molar refractivity (Wildman–Crippen MR) is 94.3 cm³/mol. The average Bonchev–Trinajstić information content (AvgIpc) is 2.56. The smallest absolute Gasteiger partial charge is 0.254 e. The molecule has 132 valence electrons. The minimum absolute atomic E-state index is 0.180. The van der Waals surface area contributed by atoms with Crippen molar-refractivity contribution >= 4 is 5.91 Å². The fourth-order valence-corrected chi connectivity index (χ4v) is 3.45. The summed E-state index contributed by atoms with van der Waals surface area (Å²) < 4.78 is 0. The van der Waals surface area contributed by atoms with E-state index in [4.69, 9.17) is 0 Å². The molecule has 3 rings (SSSR count). The fourth-order valence-electron chi connectivity index (χ4n) is 3.45. The van der Waals surface area contributed by atoms with Gasteiger partial charge in [0.1, 0.15) is 5.82 Å². The first-order valence-electron chi connectivity index (χ1n) is 8.57. The first-order valence-corrected chi connectivity index (χ1v) is 8.57. The molecule has 0 saturated heterocycles. The highest BCUT2D eigenvalue weighted by Gasteiger charge is 2.29. The van der Waals surface area contributed by atoms with Crippen LogP contribution in [0.4, 0.5) is 0 Å². The Bertz CT molecular complexity index is 844. The number of carbonyl (C=O) groups excluding carboxylic acids is 1. The maximum Gasteiger partial charge on any atom is 0.254 e. The Morgan fingerprint density at radius 1 is 1.36 bits per heavy atom. The summed E-state index contributed by atoms with van der Waals surface area (Å²) in [5, 5.41) is 13.2. The maximum atomic E-state index is 12.4. The number of aromatic amines is 1. The molecule has 1 aliphatic carbocycles. The molecular weight excluding hydrogens is 318 g/mol. The first kappa shape index (κ1) is 17.4. The van der Waals surface area contributed by atoms with Crippen LogP contribution in [0.1, 0.15) is 47.1 Å². The zero-order chi connectivity index (χ0) is 18.0. The topological polar surface area (TPSA) is 95.1 Å². The summed E-state index contributed by atoms with van der Waals surface area (Å²) >= 11 is 0. The number of nitrogens with one attached hydrogen (secondary N) is 2. The molecule has 2 aromatic rings. The molecule has 0 unspecified atom stereocenters. The van der Waals surface area contributed by atoms with Crippen molar-refractivity contribution in [2.75, 3.05) is 0 Å². The Morgan fingerprint density at radius 3 is 2.88 bits per heavy atom. The van der Waals surface area contributed by atoms with E-state index in [1.165, 1.54) is 0 Å². The SMILES string of the molecule is Cc1nc(C)c(CCC(=O)N[C@H]2c3ccccc3CC[C@H]2O)c(=O)[nH]1. The zero-order valence-corrected chi connectivity index (χ0v) is 14.5. The summed E-state index contributed by atoms with van der Waals surface area (Å²) in [6.07, 6.45) is 1.35. The number of amides is 1. The van der Waals surface area contributed by atoms with Crippen molar-refractivity contribution in [3.63, 3.8) is 0 Å². The van der Waals surface area contributed by atoms with E-state index < -0.39 is 12.1 Å². The lowest BCUT2D eigenvalue weighted by Gasteiger charge is -2.31. The van der Waals surface area contributed by atoms with E-state index in [1.54, 1.807) is 13.8 Å². The van der Waals surface area contributed by atoms with Crippen molar-refractivity contribution in [3.8, 4) is 0 Å². The second-order valence-electron chi connectivity index (χ2n) is 6.57. The molecule has 1 amide bonds. The van der Waals surface area contributed by atoms with Crippen molar-refractivity contribution in [3.05, 3.63) is 62.8 Å². The lowest BCUT2D eigenvalue weighted by atomic mass is 9.85. The molecule has 1 aromatic heterocycles. The van der Waals surface area contributed by atoms with E-state index in [9.17, 15) is 14.7 Å². The molecule has 1 aromatic carbocycles. The third kappa shape index (κ3) is 3.79. The highest BCUT2D eigenvalue weighted by Crippen LogP contribution is 2.29. The van der Waals surface area contributed by atoms with Crippen LogP contribution in [0, 0.1) is 13.8 Å². The van der Waals surface area contributed by atoms with Gasteiger partial charge in [-0.3, -0.25) is 9.59 Å². The number of aliphatic hydroxyl groups is 1. The minimum Gasteiger partial charge on any atom is -0.391 e. The molecule has 0 radical (unpaired) electrons. The van der Waals surface area contributed by atoms with Gasteiger partial charge >= 0.3 is 0 Å². The van der Waals surface area contributed by atoms with Gasteiger partial charge in [0.2, 0.25) is 5.91 Å². The van der Waals surface area contributed by atoms with Crippen LogP contribution in [0.25, 0.3) is 0 Å². The largest absolute Gasteiger partial charge is 0.391 e. The van der Waals surface area contributed by atoms with Gasteiger partial charge in [0, 0.05) is 17.7 Å². The monoisotopic (exact) mass is 341 g/mol. The third-order valence-electron chi connectivity index (χ3n) is 4.74. The lowest BCUT2D eigenvalue weighted by molar-refractivity contribution is -0.122. The number of rotatable bonds is 4. The molecule has 0 spiro atoms. The van der Waals surface area contributed by atoms with Crippen LogP contribution in [0.2, 0.25) is 0 Å². The van der Waals surface area contributed by atoms with Gasteiger partial charge in [-0.25, -0.2) is 4.98 Å². The number of benzene rings is 1. The Balaban J connectivity index is 1.68. The van der Waals surface area contributed by atoms with Crippen molar-refractivity contribution in [1.82, 2.24) is 15.3 Å². The number of carbonyl (C=O) groups is 1. The van der Waals surface area contributed by atoms with E-state index in [0.717, 1.165) is 17.5 Å². The highest BCUT2D eigenvalue weighted by atomic mass is 16.3. The number of nitrogens with zero attached hydrogens (tertiary/aromatic N) is 1. The number of H-pyrrole nitrogens is 1. The van der Waals surface area contributed by atoms with E-state index in [-0.39, 0.29) is 17.9 Å². The summed E-state index contributed by atoms with van der Waals surface area (Å²) in [7, 11) is 0. The van der Waals surface area contributed by atoms with E-state index in [1.807, 2.05) is 24.3 Å².